The number of nitrogens with one attached hydrogen (secondary N) is 1. The first-order chi connectivity index (χ1) is 9.88. The molecule has 110 valence electrons. The average molecular weight is 282 g/mol. The Labute approximate surface area is 126 Å². The van der Waals surface area contributed by atoms with Crippen LogP contribution < -0.4 is 11.1 Å². The van der Waals surface area contributed by atoms with Gasteiger partial charge in [0.25, 0.3) is 0 Å². The summed E-state index contributed by atoms with van der Waals surface area (Å²) < 4.78 is 0. The number of hydrogen-bond acceptors (Lipinski definition) is 2. The summed E-state index contributed by atoms with van der Waals surface area (Å²) in [5.74, 6) is -0.408. The van der Waals surface area contributed by atoms with E-state index in [1.165, 1.54) is 22.3 Å². The Balaban J connectivity index is 2.28. The maximum absolute atomic E-state index is 11.2. The summed E-state index contributed by atoms with van der Waals surface area (Å²) in [4.78, 5) is 11.2. The molecule has 0 aliphatic carbocycles. The van der Waals surface area contributed by atoms with Crippen molar-refractivity contribution in [2.24, 2.45) is 5.73 Å². The highest BCUT2D eigenvalue weighted by Gasteiger charge is 2.12. The van der Waals surface area contributed by atoms with Gasteiger partial charge in [-0.15, -0.1) is 0 Å². The summed E-state index contributed by atoms with van der Waals surface area (Å²) in [5, 5.41) is 3.45. The van der Waals surface area contributed by atoms with Crippen molar-refractivity contribution >= 4 is 11.6 Å². The fraction of sp³-hybridized carbons (Fsp3) is 0.278. The van der Waals surface area contributed by atoms with Crippen LogP contribution in [0.15, 0.2) is 36.4 Å². The largest absolute Gasteiger partial charge is 0.378 e. The maximum atomic E-state index is 11.2. The van der Waals surface area contributed by atoms with E-state index in [0.717, 1.165) is 5.69 Å². The van der Waals surface area contributed by atoms with Crippen molar-refractivity contribution in [2.45, 2.75) is 33.7 Å². The van der Waals surface area contributed by atoms with E-state index in [9.17, 15) is 4.79 Å². The zero-order valence-electron chi connectivity index (χ0n) is 13.0. The monoisotopic (exact) mass is 282 g/mol. The molecule has 0 saturated carbocycles. The molecule has 2 rings (SSSR count). The van der Waals surface area contributed by atoms with Crippen LogP contribution in [-0.4, -0.2) is 5.91 Å². The van der Waals surface area contributed by atoms with Crippen LogP contribution >= 0.6 is 0 Å². The highest BCUT2D eigenvalue weighted by atomic mass is 16.1. The Bertz CT molecular complexity index is 654. The van der Waals surface area contributed by atoms with Crippen molar-refractivity contribution in [3.05, 3.63) is 64.2 Å². The van der Waals surface area contributed by atoms with Crippen molar-refractivity contribution in [1.29, 1.82) is 0 Å². The van der Waals surface area contributed by atoms with Gasteiger partial charge in [0.2, 0.25) is 5.91 Å². The lowest BCUT2D eigenvalue weighted by Gasteiger charge is -2.21. The zero-order chi connectivity index (χ0) is 15.6. The van der Waals surface area contributed by atoms with Crippen LogP contribution in [0.5, 0.6) is 0 Å². The molecule has 3 heteroatoms. The lowest BCUT2D eigenvalue weighted by Crippen LogP contribution is -2.13. The van der Waals surface area contributed by atoms with E-state index in [4.69, 9.17) is 5.73 Å². The lowest BCUT2D eigenvalue weighted by atomic mass is 9.94. The summed E-state index contributed by atoms with van der Waals surface area (Å²) in [7, 11) is 0. The third-order valence-electron chi connectivity index (χ3n) is 3.70. The first-order valence-electron chi connectivity index (χ1n) is 7.12. The summed E-state index contributed by atoms with van der Waals surface area (Å²) in [5.41, 5.74) is 11.9. The topological polar surface area (TPSA) is 55.1 Å². The fourth-order valence-electron chi connectivity index (χ4n) is 2.96. The molecule has 3 N–H and O–H groups in total. The number of nitrogens with two attached hydrogens (primary N) is 1. The molecule has 0 saturated heterocycles. The van der Waals surface area contributed by atoms with E-state index < -0.39 is 5.91 Å². The van der Waals surface area contributed by atoms with Crippen LogP contribution in [0.4, 0.5) is 5.69 Å². The van der Waals surface area contributed by atoms with Crippen LogP contribution in [0.3, 0.4) is 0 Å². The SMILES string of the molecule is Cc1cc(C)c(C(C)Nc2cccc(C(N)=O)c2)c(C)c1. The summed E-state index contributed by atoms with van der Waals surface area (Å²) in [6, 6.07) is 11.8. The molecule has 0 fully saturated rings. The molecular formula is C18H22N2O. The highest BCUT2D eigenvalue weighted by Crippen LogP contribution is 2.26. The molecule has 0 aromatic heterocycles. The predicted octanol–water partition coefficient (Wildman–Crippen LogP) is 3.88. The molecule has 1 unspecified atom stereocenters. The van der Waals surface area contributed by atoms with Crippen molar-refractivity contribution in [3.63, 3.8) is 0 Å². The first kappa shape index (κ1) is 15.1. The van der Waals surface area contributed by atoms with Gasteiger partial charge in [0.05, 0.1) is 0 Å². The van der Waals surface area contributed by atoms with Gasteiger partial charge in [-0.3, -0.25) is 4.79 Å². The summed E-state index contributed by atoms with van der Waals surface area (Å²) in [6.45, 7) is 8.50. The van der Waals surface area contributed by atoms with Gasteiger partial charge in [-0.25, -0.2) is 0 Å². The Morgan fingerprint density at radius 2 is 1.71 bits per heavy atom. The number of amides is 1. The Morgan fingerprint density at radius 3 is 2.29 bits per heavy atom. The molecule has 0 radical (unpaired) electrons. The molecule has 3 nitrogen and oxygen atoms in total. The molecule has 21 heavy (non-hydrogen) atoms. The molecule has 2 aromatic rings. The minimum Gasteiger partial charge on any atom is -0.378 e. The smallest absolute Gasteiger partial charge is 0.248 e. The Morgan fingerprint density at radius 1 is 1.10 bits per heavy atom. The highest BCUT2D eigenvalue weighted by molar-refractivity contribution is 5.93. The van der Waals surface area contributed by atoms with E-state index in [2.05, 4.69) is 45.1 Å². The van der Waals surface area contributed by atoms with Crippen molar-refractivity contribution in [3.8, 4) is 0 Å². The standard InChI is InChI=1S/C18H22N2O/c1-11-8-12(2)17(13(3)9-11)14(4)20-16-7-5-6-15(10-16)18(19)21/h5-10,14,20H,1-4H3,(H2,19,21). The van der Waals surface area contributed by atoms with Gasteiger partial charge >= 0.3 is 0 Å². The van der Waals surface area contributed by atoms with Crippen molar-refractivity contribution in [2.75, 3.05) is 5.32 Å². The van der Waals surface area contributed by atoms with Crippen molar-refractivity contribution < 1.29 is 4.79 Å². The zero-order valence-corrected chi connectivity index (χ0v) is 13.0. The van der Waals surface area contributed by atoms with Crippen LogP contribution in [-0.2, 0) is 0 Å². The van der Waals surface area contributed by atoms with Crippen molar-refractivity contribution in [1.82, 2.24) is 0 Å². The second kappa shape index (κ2) is 6.00. The van der Waals surface area contributed by atoms with Crippen LogP contribution in [0.2, 0.25) is 0 Å². The Kier molecular flexibility index (Phi) is 4.32. The Hall–Kier alpha value is -2.29. The van der Waals surface area contributed by atoms with E-state index in [1.807, 2.05) is 12.1 Å². The lowest BCUT2D eigenvalue weighted by molar-refractivity contribution is 0.100. The van der Waals surface area contributed by atoms with Gasteiger partial charge in [-0.2, -0.15) is 0 Å². The minimum absolute atomic E-state index is 0.161. The van der Waals surface area contributed by atoms with E-state index in [-0.39, 0.29) is 6.04 Å². The minimum atomic E-state index is -0.408. The molecule has 0 aliphatic rings. The third-order valence-corrected chi connectivity index (χ3v) is 3.70. The molecule has 1 amide bonds. The number of primary amides is 1. The summed E-state index contributed by atoms with van der Waals surface area (Å²) in [6.07, 6.45) is 0. The van der Waals surface area contributed by atoms with Crippen LogP contribution in [0.1, 0.15) is 45.6 Å². The maximum Gasteiger partial charge on any atom is 0.248 e. The number of benzene rings is 2. The third kappa shape index (κ3) is 3.43. The molecule has 0 heterocycles. The quantitative estimate of drug-likeness (QED) is 0.894. The number of anilines is 1. The second-order valence-corrected chi connectivity index (χ2v) is 5.62. The van der Waals surface area contributed by atoms with E-state index in [0.29, 0.717) is 5.56 Å². The van der Waals surface area contributed by atoms with Gasteiger partial charge < -0.3 is 11.1 Å². The number of aryl methyl sites for hydroxylation is 3. The van der Waals surface area contributed by atoms with Gasteiger partial charge in [-0.1, -0.05) is 23.8 Å². The van der Waals surface area contributed by atoms with E-state index in [1.54, 1.807) is 12.1 Å². The molecule has 2 aromatic carbocycles. The summed E-state index contributed by atoms with van der Waals surface area (Å²) >= 11 is 0. The molecule has 0 spiro atoms. The molecule has 1 atom stereocenters. The van der Waals surface area contributed by atoms with Crippen LogP contribution in [0, 0.1) is 20.8 Å². The molecular weight excluding hydrogens is 260 g/mol. The van der Waals surface area contributed by atoms with E-state index >= 15 is 0 Å². The fourth-order valence-corrected chi connectivity index (χ4v) is 2.96. The normalized spacial score (nSPS) is 12.0. The number of hydrogen-bond donors (Lipinski definition) is 2. The van der Waals surface area contributed by atoms with Gasteiger partial charge in [0.1, 0.15) is 0 Å². The second-order valence-electron chi connectivity index (χ2n) is 5.62. The first-order valence-corrected chi connectivity index (χ1v) is 7.12. The average Bonchev–Trinajstić information content (AvgIpc) is 2.37. The van der Waals surface area contributed by atoms with Crippen LogP contribution in [0.25, 0.3) is 0 Å². The number of rotatable bonds is 4. The number of carbonyl (C=O) groups excluding carboxylic acids is 1. The predicted molar refractivity (Wildman–Crippen MR) is 87.7 cm³/mol. The van der Waals surface area contributed by atoms with Gasteiger partial charge in [0.15, 0.2) is 0 Å². The number of carbonyl (C=O) groups is 1. The molecule has 0 bridgehead atoms. The van der Waals surface area contributed by atoms with Gasteiger partial charge in [-0.05, 0) is 62.6 Å². The van der Waals surface area contributed by atoms with Gasteiger partial charge in [0, 0.05) is 17.3 Å². The molecule has 0 aliphatic heterocycles.